The van der Waals surface area contributed by atoms with Gasteiger partial charge in [0.25, 0.3) is 5.91 Å². The van der Waals surface area contributed by atoms with Crippen molar-refractivity contribution in [1.82, 2.24) is 9.78 Å². The zero-order chi connectivity index (χ0) is 10.7. The van der Waals surface area contributed by atoms with E-state index in [1.807, 2.05) is 13.8 Å². The average Bonchev–Trinajstić information content (AvgIpc) is 2.52. The summed E-state index contributed by atoms with van der Waals surface area (Å²) in [7, 11) is 0. The molecule has 0 bridgehead atoms. The fourth-order valence-corrected chi connectivity index (χ4v) is 1.01. The first-order valence-electron chi connectivity index (χ1n) is 4.15. The molecular formula is C8H11F2N3O. The Bertz CT molecular complexity index is 322. The lowest BCUT2D eigenvalue weighted by atomic mass is 10.4. The Kier molecular flexibility index (Phi) is 3.16. The Morgan fingerprint density at radius 1 is 1.57 bits per heavy atom. The Hall–Kier alpha value is -1.46. The van der Waals surface area contributed by atoms with E-state index in [2.05, 4.69) is 10.4 Å². The molecule has 0 unspecified atom stereocenters. The van der Waals surface area contributed by atoms with E-state index in [9.17, 15) is 13.6 Å². The molecule has 78 valence electrons. The number of halogens is 2. The molecule has 14 heavy (non-hydrogen) atoms. The van der Waals surface area contributed by atoms with Gasteiger partial charge in [0.15, 0.2) is 0 Å². The van der Waals surface area contributed by atoms with Gasteiger partial charge in [-0.3, -0.25) is 4.79 Å². The van der Waals surface area contributed by atoms with Crippen LogP contribution >= 0.6 is 0 Å². The number of anilines is 1. The van der Waals surface area contributed by atoms with Gasteiger partial charge in [-0.25, -0.2) is 4.68 Å². The third kappa shape index (κ3) is 2.27. The summed E-state index contributed by atoms with van der Waals surface area (Å²) in [6.45, 7) is 3.68. The van der Waals surface area contributed by atoms with Crippen molar-refractivity contribution < 1.29 is 13.6 Å². The average molecular weight is 203 g/mol. The summed E-state index contributed by atoms with van der Waals surface area (Å²) in [4.78, 5) is 10.7. The lowest BCUT2D eigenvalue weighted by molar-refractivity contribution is -0.126. The van der Waals surface area contributed by atoms with Crippen LogP contribution in [0.1, 0.15) is 19.9 Å². The normalized spacial score (nSPS) is 11.0. The molecule has 0 aliphatic heterocycles. The van der Waals surface area contributed by atoms with Gasteiger partial charge in [0.05, 0.1) is 6.20 Å². The first-order chi connectivity index (χ1) is 6.52. The van der Waals surface area contributed by atoms with E-state index in [-0.39, 0.29) is 11.9 Å². The van der Waals surface area contributed by atoms with Gasteiger partial charge in [-0.05, 0) is 13.8 Å². The molecule has 1 aromatic rings. The van der Waals surface area contributed by atoms with Gasteiger partial charge in [-0.15, -0.1) is 0 Å². The van der Waals surface area contributed by atoms with Gasteiger partial charge < -0.3 is 5.32 Å². The second kappa shape index (κ2) is 4.17. The standard InChI is InChI=1S/C8H11F2N3O/c1-5(2)13-6(3-4-11-13)12-8(14)7(9)10/h3-5,7H,1-2H3,(H,12,14). The molecule has 0 aliphatic carbocycles. The number of carbonyl (C=O) groups is 1. The van der Waals surface area contributed by atoms with Crippen LogP contribution in [0.15, 0.2) is 12.3 Å². The maximum absolute atomic E-state index is 11.9. The molecule has 1 N–H and O–H groups in total. The van der Waals surface area contributed by atoms with Crippen LogP contribution in [0.2, 0.25) is 0 Å². The molecule has 0 saturated heterocycles. The molecule has 0 spiro atoms. The summed E-state index contributed by atoms with van der Waals surface area (Å²) >= 11 is 0. The number of aromatic nitrogens is 2. The lowest BCUT2D eigenvalue weighted by Gasteiger charge is -2.11. The van der Waals surface area contributed by atoms with Crippen LogP contribution in [0.5, 0.6) is 0 Å². The van der Waals surface area contributed by atoms with Crippen LogP contribution in [0.25, 0.3) is 0 Å². The lowest BCUT2D eigenvalue weighted by Crippen LogP contribution is -2.22. The maximum Gasteiger partial charge on any atom is 0.315 e. The monoisotopic (exact) mass is 203 g/mol. The summed E-state index contributed by atoms with van der Waals surface area (Å²) in [5.41, 5.74) is 0. The maximum atomic E-state index is 11.9. The predicted octanol–water partition coefficient (Wildman–Crippen LogP) is 1.67. The van der Waals surface area contributed by atoms with Gasteiger partial charge in [0.2, 0.25) is 0 Å². The SMILES string of the molecule is CC(C)n1nccc1NC(=O)C(F)F. The van der Waals surface area contributed by atoms with Crippen molar-refractivity contribution in [3.05, 3.63) is 12.3 Å². The van der Waals surface area contributed by atoms with Crippen LogP contribution in [-0.4, -0.2) is 22.1 Å². The number of amides is 1. The first-order valence-corrected chi connectivity index (χ1v) is 4.15. The summed E-state index contributed by atoms with van der Waals surface area (Å²) < 4.78 is 25.3. The third-order valence-corrected chi connectivity index (χ3v) is 1.61. The van der Waals surface area contributed by atoms with Crippen molar-refractivity contribution in [3.8, 4) is 0 Å². The van der Waals surface area contributed by atoms with Crippen molar-refractivity contribution >= 4 is 11.7 Å². The van der Waals surface area contributed by atoms with E-state index in [4.69, 9.17) is 0 Å². The van der Waals surface area contributed by atoms with E-state index < -0.39 is 12.3 Å². The molecule has 0 aromatic carbocycles. The fourth-order valence-electron chi connectivity index (χ4n) is 1.01. The van der Waals surface area contributed by atoms with Gasteiger partial charge >= 0.3 is 6.43 Å². The van der Waals surface area contributed by atoms with E-state index in [1.54, 1.807) is 0 Å². The predicted molar refractivity (Wildman–Crippen MR) is 47.2 cm³/mol. The van der Waals surface area contributed by atoms with Crippen molar-refractivity contribution in [1.29, 1.82) is 0 Å². The number of alkyl halides is 2. The number of hydrogen-bond acceptors (Lipinski definition) is 2. The highest BCUT2D eigenvalue weighted by molar-refractivity contribution is 5.92. The number of nitrogens with one attached hydrogen (secondary N) is 1. The molecule has 1 aromatic heterocycles. The minimum Gasteiger partial charge on any atom is -0.306 e. The van der Waals surface area contributed by atoms with Crippen molar-refractivity contribution in [2.24, 2.45) is 0 Å². The largest absolute Gasteiger partial charge is 0.315 e. The van der Waals surface area contributed by atoms with E-state index in [1.165, 1.54) is 16.9 Å². The molecule has 0 atom stereocenters. The van der Waals surface area contributed by atoms with Crippen molar-refractivity contribution in [3.63, 3.8) is 0 Å². The Labute approximate surface area is 79.9 Å². The van der Waals surface area contributed by atoms with E-state index >= 15 is 0 Å². The quantitative estimate of drug-likeness (QED) is 0.812. The topological polar surface area (TPSA) is 46.9 Å². The molecule has 1 amide bonds. The highest BCUT2D eigenvalue weighted by Gasteiger charge is 2.17. The molecule has 0 aliphatic rings. The number of nitrogens with zero attached hydrogens (tertiary/aromatic N) is 2. The van der Waals surface area contributed by atoms with Gasteiger partial charge in [0.1, 0.15) is 5.82 Å². The van der Waals surface area contributed by atoms with Crippen LogP contribution < -0.4 is 5.32 Å². The Balaban J connectivity index is 2.76. The minimum atomic E-state index is -3.01. The van der Waals surface area contributed by atoms with E-state index in [0.29, 0.717) is 0 Å². The number of hydrogen-bond donors (Lipinski definition) is 1. The van der Waals surface area contributed by atoms with Crippen molar-refractivity contribution in [2.45, 2.75) is 26.3 Å². The first kappa shape index (κ1) is 10.6. The van der Waals surface area contributed by atoms with Crippen LogP contribution in [0.3, 0.4) is 0 Å². The zero-order valence-electron chi connectivity index (χ0n) is 7.87. The summed E-state index contributed by atoms with van der Waals surface area (Å²) in [6.07, 6.45) is -1.56. The van der Waals surface area contributed by atoms with Gasteiger partial charge in [-0.2, -0.15) is 13.9 Å². The summed E-state index contributed by atoms with van der Waals surface area (Å²) in [5.74, 6) is -1.03. The molecule has 1 rings (SSSR count). The van der Waals surface area contributed by atoms with Gasteiger partial charge in [-0.1, -0.05) is 0 Å². The molecule has 0 saturated carbocycles. The molecule has 4 nitrogen and oxygen atoms in total. The fraction of sp³-hybridized carbons (Fsp3) is 0.500. The third-order valence-electron chi connectivity index (χ3n) is 1.61. The second-order valence-corrected chi connectivity index (χ2v) is 3.04. The second-order valence-electron chi connectivity index (χ2n) is 3.04. The molecule has 1 heterocycles. The molecular weight excluding hydrogens is 192 g/mol. The smallest absolute Gasteiger partial charge is 0.306 e. The Morgan fingerprint density at radius 2 is 2.21 bits per heavy atom. The van der Waals surface area contributed by atoms with Crippen molar-refractivity contribution in [2.75, 3.05) is 5.32 Å². The van der Waals surface area contributed by atoms with Crippen LogP contribution in [0.4, 0.5) is 14.6 Å². The highest BCUT2D eigenvalue weighted by atomic mass is 19.3. The molecule has 0 radical (unpaired) electrons. The minimum absolute atomic E-state index is 0.0120. The zero-order valence-corrected chi connectivity index (χ0v) is 7.87. The molecule has 0 fully saturated rings. The Morgan fingerprint density at radius 3 is 2.71 bits per heavy atom. The summed E-state index contributed by atoms with van der Waals surface area (Å²) in [5, 5.41) is 5.97. The highest BCUT2D eigenvalue weighted by Crippen LogP contribution is 2.13. The number of rotatable bonds is 3. The summed E-state index contributed by atoms with van der Waals surface area (Å²) in [6, 6.07) is 1.48. The van der Waals surface area contributed by atoms with E-state index in [0.717, 1.165) is 0 Å². The number of carbonyl (C=O) groups excluding carboxylic acids is 1. The van der Waals surface area contributed by atoms with Crippen LogP contribution in [-0.2, 0) is 4.79 Å². The van der Waals surface area contributed by atoms with Crippen LogP contribution in [0, 0.1) is 0 Å². The van der Waals surface area contributed by atoms with Gasteiger partial charge in [0, 0.05) is 12.1 Å². The molecule has 6 heteroatoms.